The summed E-state index contributed by atoms with van der Waals surface area (Å²) in [6.45, 7) is 1.08. The van der Waals surface area contributed by atoms with Crippen molar-refractivity contribution in [1.82, 2.24) is 9.88 Å². The van der Waals surface area contributed by atoms with E-state index in [9.17, 15) is 5.11 Å². The summed E-state index contributed by atoms with van der Waals surface area (Å²) in [6.07, 6.45) is 6.68. The van der Waals surface area contributed by atoms with Crippen LogP contribution in [0, 0.1) is 0 Å². The molecule has 3 rings (SSSR count). The van der Waals surface area contributed by atoms with Crippen LogP contribution in [-0.4, -0.2) is 34.6 Å². The van der Waals surface area contributed by atoms with Gasteiger partial charge in [-0.15, -0.1) is 0 Å². The van der Waals surface area contributed by atoms with E-state index in [-0.39, 0.29) is 6.04 Å². The van der Waals surface area contributed by atoms with Gasteiger partial charge in [-0.1, -0.05) is 24.6 Å². The minimum absolute atomic E-state index is 0.228. The Morgan fingerprint density at radius 2 is 1.95 bits per heavy atom. The number of rotatable bonds is 3. The first-order valence-corrected chi connectivity index (χ1v) is 7.64. The SMILES string of the molecule is CN1CCCC[C@H]1C(O)c1cccc(-c2ccncc2)c1. The molecule has 1 aliphatic heterocycles. The number of likely N-dealkylation sites (N-methyl/N-ethyl adjacent to an activating group) is 1. The lowest BCUT2D eigenvalue weighted by Crippen LogP contribution is -2.40. The molecule has 1 aliphatic rings. The first-order valence-electron chi connectivity index (χ1n) is 7.64. The Bertz CT molecular complexity index is 585. The maximum absolute atomic E-state index is 10.7. The average Bonchev–Trinajstić information content (AvgIpc) is 2.56. The molecule has 3 heteroatoms. The molecule has 2 aromatic rings. The number of hydrogen-bond acceptors (Lipinski definition) is 3. The molecule has 1 unspecified atom stereocenters. The molecule has 3 nitrogen and oxygen atoms in total. The molecule has 110 valence electrons. The average molecular weight is 282 g/mol. The van der Waals surface area contributed by atoms with Gasteiger partial charge in [-0.3, -0.25) is 4.98 Å². The van der Waals surface area contributed by atoms with Crippen molar-refractivity contribution < 1.29 is 5.11 Å². The van der Waals surface area contributed by atoms with Crippen LogP contribution in [0.1, 0.15) is 30.9 Å². The molecule has 0 radical (unpaired) electrons. The molecule has 0 aliphatic carbocycles. The van der Waals surface area contributed by atoms with Crippen molar-refractivity contribution in [1.29, 1.82) is 0 Å². The van der Waals surface area contributed by atoms with Gasteiger partial charge in [-0.25, -0.2) is 0 Å². The van der Waals surface area contributed by atoms with Gasteiger partial charge in [0.1, 0.15) is 0 Å². The summed E-state index contributed by atoms with van der Waals surface area (Å²) in [4.78, 5) is 6.34. The van der Waals surface area contributed by atoms with Gasteiger partial charge in [0.05, 0.1) is 6.10 Å². The minimum atomic E-state index is -0.419. The number of pyridine rings is 1. The molecule has 1 saturated heterocycles. The lowest BCUT2D eigenvalue weighted by Gasteiger charge is -2.36. The quantitative estimate of drug-likeness (QED) is 0.938. The summed E-state index contributed by atoms with van der Waals surface area (Å²) in [5.74, 6) is 0. The van der Waals surface area contributed by atoms with E-state index in [1.54, 1.807) is 12.4 Å². The highest BCUT2D eigenvalue weighted by molar-refractivity contribution is 5.63. The molecule has 0 saturated carbocycles. The molecule has 2 atom stereocenters. The fourth-order valence-corrected chi connectivity index (χ4v) is 3.17. The second kappa shape index (κ2) is 6.37. The van der Waals surface area contributed by atoms with Crippen molar-refractivity contribution >= 4 is 0 Å². The van der Waals surface area contributed by atoms with Crippen LogP contribution in [0.15, 0.2) is 48.8 Å². The zero-order valence-electron chi connectivity index (χ0n) is 12.4. The monoisotopic (exact) mass is 282 g/mol. The van der Waals surface area contributed by atoms with Crippen LogP contribution in [0.4, 0.5) is 0 Å². The van der Waals surface area contributed by atoms with Crippen LogP contribution in [0.25, 0.3) is 11.1 Å². The van der Waals surface area contributed by atoms with Crippen LogP contribution >= 0.6 is 0 Å². The van der Waals surface area contributed by atoms with Crippen molar-refractivity contribution in [3.63, 3.8) is 0 Å². The lowest BCUT2D eigenvalue weighted by atomic mass is 9.92. The van der Waals surface area contributed by atoms with Crippen molar-refractivity contribution in [3.8, 4) is 11.1 Å². The number of nitrogens with zero attached hydrogens (tertiary/aromatic N) is 2. The first-order chi connectivity index (χ1) is 10.3. The van der Waals surface area contributed by atoms with Crippen molar-refractivity contribution in [2.45, 2.75) is 31.4 Å². The Hall–Kier alpha value is -1.71. The number of piperidine rings is 1. The standard InChI is InChI=1S/C18H22N2O/c1-20-12-3-2-7-17(20)18(21)16-6-4-5-15(13-16)14-8-10-19-11-9-14/h4-6,8-11,13,17-18,21H,2-3,7,12H2,1H3/t17-,18?/m0/s1. The second-order valence-corrected chi connectivity index (χ2v) is 5.85. The van der Waals surface area contributed by atoms with Crippen molar-refractivity contribution in [3.05, 3.63) is 54.4 Å². The zero-order valence-corrected chi connectivity index (χ0v) is 12.4. The van der Waals surface area contributed by atoms with Crippen molar-refractivity contribution in [2.24, 2.45) is 0 Å². The predicted molar refractivity (Wildman–Crippen MR) is 84.9 cm³/mol. The predicted octanol–water partition coefficient (Wildman–Crippen LogP) is 3.27. The summed E-state index contributed by atoms with van der Waals surface area (Å²) in [5, 5.41) is 10.7. The van der Waals surface area contributed by atoms with Gasteiger partial charge < -0.3 is 10.0 Å². The van der Waals surface area contributed by atoms with Gasteiger partial charge in [0, 0.05) is 18.4 Å². The number of aliphatic hydroxyl groups excluding tert-OH is 1. The van der Waals surface area contributed by atoms with E-state index in [0.717, 1.165) is 29.7 Å². The summed E-state index contributed by atoms with van der Waals surface area (Å²) in [6, 6.07) is 12.5. The summed E-state index contributed by atoms with van der Waals surface area (Å²) < 4.78 is 0. The molecule has 2 heterocycles. The number of hydrogen-bond donors (Lipinski definition) is 1. The third-order valence-corrected chi connectivity index (χ3v) is 4.43. The number of likely N-dealkylation sites (tertiary alicyclic amines) is 1. The fourth-order valence-electron chi connectivity index (χ4n) is 3.17. The number of aromatic nitrogens is 1. The molecule has 1 N–H and O–H groups in total. The highest BCUT2D eigenvalue weighted by Crippen LogP contribution is 2.30. The van der Waals surface area contributed by atoms with E-state index >= 15 is 0 Å². The molecule has 1 aromatic carbocycles. The topological polar surface area (TPSA) is 36.4 Å². The van der Waals surface area contributed by atoms with E-state index in [1.165, 1.54) is 12.8 Å². The van der Waals surface area contributed by atoms with E-state index in [4.69, 9.17) is 0 Å². The molecular formula is C18H22N2O. The van der Waals surface area contributed by atoms with Crippen LogP contribution in [0.3, 0.4) is 0 Å². The molecule has 0 bridgehead atoms. The highest BCUT2D eigenvalue weighted by Gasteiger charge is 2.27. The minimum Gasteiger partial charge on any atom is -0.387 e. The Morgan fingerprint density at radius 3 is 2.71 bits per heavy atom. The zero-order chi connectivity index (χ0) is 14.7. The largest absolute Gasteiger partial charge is 0.387 e. The molecule has 1 fully saturated rings. The third-order valence-electron chi connectivity index (χ3n) is 4.43. The summed E-state index contributed by atoms with van der Waals surface area (Å²) in [7, 11) is 2.11. The Morgan fingerprint density at radius 1 is 1.14 bits per heavy atom. The Kier molecular flexibility index (Phi) is 4.32. The first kappa shape index (κ1) is 14.2. The van der Waals surface area contributed by atoms with E-state index < -0.39 is 6.10 Å². The highest BCUT2D eigenvalue weighted by atomic mass is 16.3. The van der Waals surface area contributed by atoms with Crippen LogP contribution < -0.4 is 0 Å². The Labute approximate surface area is 126 Å². The van der Waals surface area contributed by atoms with E-state index in [0.29, 0.717) is 0 Å². The maximum Gasteiger partial charge on any atom is 0.0945 e. The van der Waals surface area contributed by atoms with Gasteiger partial charge in [0.15, 0.2) is 0 Å². The van der Waals surface area contributed by atoms with Gasteiger partial charge >= 0.3 is 0 Å². The lowest BCUT2D eigenvalue weighted by molar-refractivity contribution is 0.0403. The molecular weight excluding hydrogens is 260 g/mol. The fraction of sp³-hybridized carbons (Fsp3) is 0.389. The normalized spacial score (nSPS) is 21.1. The molecule has 1 aromatic heterocycles. The van der Waals surface area contributed by atoms with Gasteiger partial charge in [-0.05, 0) is 61.3 Å². The summed E-state index contributed by atoms with van der Waals surface area (Å²) in [5.41, 5.74) is 3.27. The molecule has 0 spiro atoms. The second-order valence-electron chi connectivity index (χ2n) is 5.85. The Balaban J connectivity index is 1.85. The molecule has 0 amide bonds. The van der Waals surface area contributed by atoms with Gasteiger partial charge in [-0.2, -0.15) is 0 Å². The van der Waals surface area contributed by atoms with E-state index in [2.05, 4.69) is 29.1 Å². The maximum atomic E-state index is 10.7. The van der Waals surface area contributed by atoms with Crippen LogP contribution in [0.2, 0.25) is 0 Å². The number of benzene rings is 1. The van der Waals surface area contributed by atoms with Crippen LogP contribution in [-0.2, 0) is 0 Å². The molecule has 21 heavy (non-hydrogen) atoms. The van der Waals surface area contributed by atoms with Gasteiger partial charge in [0.2, 0.25) is 0 Å². The third kappa shape index (κ3) is 3.14. The smallest absolute Gasteiger partial charge is 0.0945 e. The van der Waals surface area contributed by atoms with E-state index in [1.807, 2.05) is 24.3 Å². The summed E-state index contributed by atoms with van der Waals surface area (Å²) >= 11 is 0. The number of aliphatic hydroxyl groups is 1. The van der Waals surface area contributed by atoms with Crippen molar-refractivity contribution in [2.75, 3.05) is 13.6 Å². The van der Waals surface area contributed by atoms with Crippen LogP contribution in [0.5, 0.6) is 0 Å². The van der Waals surface area contributed by atoms with Gasteiger partial charge in [0.25, 0.3) is 0 Å².